The zero-order chi connectivity index (χ0) is 76.0. The number of phosphoric ester groups is 2. The van der Waals surface area contributed by atoms with E-state index >= 15 is 0 Å². The maximum atomic E-state index is 13.1. The van der Waals surface area contributed by atoms with Gasteiger partial charge in [-0.05, 0) is 148 Å². The highest BCUT2D eigenvalue weighted by molar-refractivity contribution is 7.47. The number of allylic oxidation sites excluding steroid dienone is 26. The van der Waals surface area contributed by atoms with E-state index in [1.807, 2.05) is 0 Å². The van der Waals surface area contributed by atoms with Gasteiger partial charge in [0, 0.05) is 25.7 Å². The highest BCUT2D eigenvalue weighted by Gasteiger charge is 2.30. The maximum absolute atomic E-state index is 13.1. The van der Waals surface area contributed by atoms with Gasteiger partial charge in [-0.25, -0.2) is 9.13 Å². The van der Waals surface area contributed by atoms with Crippen LogP contribution >= 0.6 is 15.6 Å². The zero-order valence-electron chi connectivity index (χ0n) is 64.6. The van der Waals surface area contributed by atoms with E-state index in [4.69, 9.17) is 37.0 Å². The van der Waals surface area contributed by atoms with Crippen molar-refractivity contribution in [3.8, 4) is 0 Å². The molecule has 0 aromatic rings. The summed E-state index contributed by atoms with van der Waals surface area (Å²) in [6.07, 6.45) is 88.0. The Balaban J connectivity index is 5.43. The molecular weight excluding hydrogens is 1350 g/mol. The van der Waals surface area contributed by atoms with Crippen LogP contribution in [0.4, 0.5) is 0 Å². The van der Waals surface area contributed by atoms with Gasteiger partial charge in [-0.1, -0.05) is 282 Å². The minimum absolute atomic E-state index is 0.0650. The predicted octanol–water partition coefficient (Wildman–Crippen LogP) is 23.2. The third-order valence-electron chi connectivity index (χ3n) is 16.0. The van der Waals surface area contributed by atoms with Crippen molar-refractivity contribution in [2.75, 3.05) is 39.6 Å². The fourth-order valence-corrected chi connectivity index (χ4v) is 11.6. The number of phosphoric acid groups is 2. The highest BCUT2D eigenvalue weighted by atomic mass is 31.2. The number of carbonyl (C=O) groups excluding carboxylic acids is 4. The third-order valence-corrected chi connectivity index (χ3v) is 17.9. The second-order valence-electron chi connectivity index (χ2n) is 25.9. The van der Waals surface area contributed by atoms with E-state index in [9.17, 15) is 43.2 Å². The molecule has 0 bridgehead atoms. The van der Waals surface area contributed by atoms with E-state index in [-0.39, 0.29) is 25.7 Å². The Morgan fingerprint density at radius 3 is 0.798 bits per heavy atom. The largest absolute Gasteiger partial charge is 0.472 e. The lowest BCUT2D eigenvalue weighted by Gasteiger charge is -2.21. The van der Waals surface area contributed by atoms with Crippen molar-refractivity contribution in [2.45, 2.75) is 316 Å². The molecule has 5 unspecified atom stereocenters. The summed E-state index contributed by atoms with van der Waals surface area (Å²) >= 11 is 0. The average Bonchev–Trinajstić information content (AvgIpc) is 0.928. The van der Waals surface area contributed by atoms with Gasteiger partial charge in [0.05, 0.1) is 26.4 Å². The lowest BCUT2D eigenvalue weighted by molar-refractivity contribution is -0.161. The molecule has 592 valence electrons. The molecule has 0 amide bonds. The van der Waals surface area contributed by atoms with Crippen LogP contribution < -0.4 is 0 Å². The molecule has 0 aliphatic heterocycles. The summed E-state index contributed by atoms with van der Waals surface area (Å²) < 4.78 is 68.5. The second kappa shape index (κ2) is 75.9. The van der Waals surface area contributed by atoms with E-state index in [1.165, 1.54) is 38.5 Å². The van der Waals surface area contributed by atoms with E-state index in [0.29, 0.717) is 25.7 Å². The third kappa shape index (κ3) is 74.9. The van der Waals surface area contributed by atoms with Crippen LogP contribution in [0.1, 0.15) is 297 Å². The Bertz CT molecular complexity index is 2590. The summed E-state index contributed by atoms with van der Waals surface area (Å²) in [6.45, 7) is 4.42. The fraction of sp³-hybridized carbons (Fsp3) is 0.647. The normalized spacial score (nSPS) is 14.7. The van der Waals surface area contributed by atoms with Gasteiger partial charge in [0.25, 0.3) is 0 Å². The standard InChI is InChI=1S/C85H140O17P2/c1-5-9-13-17-21-25-29-32-35-37-39-41-44-47-51-54-58-62-66-70-83(88)96-76-81(102-85(90)72-68-64-60-56-52-48-45-42-40-38-36-33-30-26-22-18-14-10-6-2)78-100-104(93,94)98-74-79(86)73-97-103(91,92)99-77-80(101-84(89)71-67-63-59-55-49-28-24-20-16-12-8-4)75-95-82(87)69-65-61-57-53-50-46-43-34-31-27-23-19-15-11-7-3/h9-11,13-15,21-23,25-27,32-36,39-43,47,50-51,53,79-81,86H,5-8,12,16-20,24,28-31,37-38,44-46,48-49,52,54-78H2,1-4H3,(H,91,92)(H,93,94)/b13-9-,14-10-,15-11-,25-21-,26-22-,27-23-,35-32-,36-33-,41-39-,42-40-,43-34-,51-47-,53-50-. The van der Waals surface area contributed by atoms with Gasteiger partial charge in [0.1, 0.15) is 19.3 Å². The summed E-state index contributed by atoms with van der Waals surface area (Å²) in [4.78, 5) is 73.0. The summed E-state index contributed by atoms with van der Waals surface area (Å²) in [5.74, 6) is -2.28. The summed E-state index contributed by atoms with van der Waals surface area (Å²) in [6, 6.07) is 0. The smallest absolute Gasteiger partial charge is 0.462 e. The number of hydrogen-bond donors (Lipinski definition) is 3. The van der Waals surface area contributed by atoms with Crippen molar-refractivity contribution < 1.29 is 80.2 Å². The van der Waals surface area contributed by atoms with Crippen LogP contribution in [0.15, 0.2) is 158 Å². The van der Waals surface area contributed by atoms with Crippen molar-refractivity contribution in [3.63, 3.8) is 0 Å². The predicted molar refractivity (Wildman–Crippen MR) is 427 cm³/mol. The van der Waals surface area contributed by atoms with Crippen LogP contribution in [0.25, 0.3) is 0 Å². The first-order valence-electron chi connectivity index (χ1n) is 39.7. The van der Waals surface area contributed by atoms with Crippen molar-refractivity contribution in [1.82, 2.24) is 0 Å². The second-order valence-corrected chi connectivity index (χ2v) is 28.8. The van der Waals surface area contributed by atoms with Crippen molar-refractivity contribution in [2.24, 2.45) is 0 Å². The zero-order valence-corrected chi connectivity index (χ0v) is 66.4. The fourth-order valence-electron chi connectivity index (χ4n) is 10.1. The van der Waals surface area contributed by atoms with Crippen LogP contribution in [0, 0.1) is 0 Å². The number of aliphatic hydroxyl groups is 1. The molecule has 17 nitrogen and oxygen atoms in total. The lowest BCUT2D eigenvalue weighted by atomic mass is 10.1. The maximum Gasteiger partial charge on any atom is 0.472 e. The molecule has 0 heterocycles. The first kappa shape index (κ1) is 98.7. The van der Waals surface area contributed by atoms with E-state index in [0.717, 1.165) is 180 Å². The molecule has 0 radical (unpaired) electrons. The molecule has 0 aromatic carbocycles. The molecular formula is C85H140O17P2. The van der Waals surface area contributed by atoms with Gasteiger partial charge >= 0.3 is 39.5 Å². The molecule has 5 atom stereocenters. The molecule has 0 saturated heterocycles. The SMILES string of the molecule is CC/C=C\C/C=C\C/C=C\C/C=C\C/C=C\CCCCCC(=O)OCC(COP(=O)(O)OCC(O)COP(=O)(O)OCC(COC(=O)CCCC/C=C\C/C=C\C/C=C\C/C=C\CC)OC(=O)CCCCCCCCCCCCC)OC(=O)CCCCCCCC/C=C\C/C=C\C/C=C\C/C=C\CC. The Morgan fingerprint density at radius 1 is 0.279 bits per heavy atom. The molecule has 0 spiro atoms. The van der Waals surface area contributed by atoms with E-state index < -0.39 is 97.5 Å². The monoisotopic (exact) mass is 1490 g/mol. The van der Waals surface area contributed by atoms with Crippen LogP contribution in [0.5, 0.6) is 0 Å². The number of unbranched alkanes of at least 4 members (excludes halogenated alkanes) is 21. The van der Waals surface area contributed by atoms with E-state index in [1.54, 1.807) is 0 Å². The Hall–Kier alpha value is -5.32. The first-order chi connectivity index (χ1) is 50.7. The molecule has 0 aliphatic rings. The van der Waals surface area contributed by atoms with E-state index in [2.05, 4.69) is 186 Å². The van der Waals surface area contributed by atoms with Gasteiger partial charge in [0.15, 0.2) is 12.2 Å². The number of ether oxygens (including phenoxy) is 4. The number of hydrogen-bond acceptors (Lipinski definition) is 15. The molecule has 0 rings (SSSR count). The molecule has 0 saturated carbocycles. The van der Waals surface area contributed by atoms with Gasteiger partial charge in [-0.15, -0.1) is 0 Å². The summed E-state index contributed by atoms with van der Waals surface area (Å²) in [5.41, 5.74) is 0. The van der Waals surface area contributed by atoms with Crippen LogP contribution in [-0.2, 0) is 65.4 Å². The minimum Gasteiger partial charge on any atom is -0.462 e. The van der Waals surface area contributed by atoms with Gasteiger partial charge in [0.2, 0.25) is 0 Å². The minimum atomic E-state index is -5.00. The Labute approximate surface area is 629 Å². The number of esters is 4. The molecule has 0 fully saturated rings. The van der Waals surface area contributed by atoms with Crippen LogP contribution in [0.2, 0.25) is 0 Å². The van der Waals surface area contributed by atoms with Crippen molar-refractivity contribution in [1.29, 1.82) is 0 Å². The van der Waals surface area contributed by atoms with Gasteiger partial charge < -0.3 is 33.8 Å². The van der Waals surface area contributed by atoms with Crippen LogP contribution in [0.3, 0.4) is 0 Å². The molecule has 3 N–H and O–H groups in total. The van der Waals surface area contributed by atoms with Crippen molar-refractivity contribution in [3.05, 3.63) is 158 Å². The summed E-state index contributed by atoms with van der Waals surface area (Å²) in [7, 11) is -9.99. The molecule has 0 aromatic heterocycles. The number of aliphatic hydroxyl groups excluding tert-OH is 1. The van der Waals surface area contributed by atoms with Crippen LogP contribution in [-0.4, -0.2) is 96.7 Å². The average molecular weight is 1500 g/mol. The number of carbonyl (C=O) groups is 4. The molecule has 19 heteroatoms. The van der Waals surface area contributed by atoms with Crippen molar-refractivity contribution >= 4 is 39.5 Å². The van der Waals surface area contributed by atoms with Gasteiger partial charge in [-0.3, -0.25) is 37.3 Å². The molecule has 0 aliphatic carbocycles. The highest BCUT2D eigenvalue weighted by Crippen LogP contribution is 2.45. The Morgan fingerprint density at radius 2 is 0.500 bits per heavy atom. The lowest BCUT2D eigenvalue weighted by Crippen LogP contribution is -2.30. The topological polar surface area (TPSA) is 237 Å². The first-order valence-corrected chi connectivity index (χ1v) is 42.7. The van der Waals surface area contributed by atoms with Gasteiger partial charge in [-0.2, -0.15) is 0 Å². The number of rotatable bonds is 73. The summed E-state index contributed by atoms with van der Waals surface area (Å²) in [5, 5.41) is 10.6. The quantitative estimate of drug-likeness (QED) is 0.0169. The molecule has 104 heavy (non-hydrogen) atoms. The Kier molecular flexibility index (Phi) is 72.0.